The molecule has 0 saturated heterocycles. The molecule has 0 fully saturated rings. The third-order valence-corrected chi connectivity index (χ3v) is 4.21. The minimum Gasteiger partial charge on any atom is -0.507 e. The van der Waals surface area contributed by atoms with Crippen LogP contribution in [0, 0.1) is 0 Å². The van der Waals surface area contributed by atoms with Crippen LogP contribution in [0.4, 0.5) is 0 Å². The normalized spacial score (nSPS) is 10.6. The number of halogens is 1. The minimum absolute atomic E-state index is 0.118. The van der Waals surface area contributed by atoms with Crippen LogP contribution < -0.4 is 14.9 Å². The Hall–Kier alpha value is -3.07. The SMILES string of the molecule is COc1cc(/C=N/NC(=O)c2ccccc2O)cc(Br)c1OCC(=O)N(C)C. The number of phenols is 1. The summed E-state index contributed by atoms with van der Waals surface area (Å²) in [6, 6.07) is 9.51. The summed E-state index contributed by atoms with van der Waals surface area (Å²) in [7, 11) is 4.76. The van der Waals surface area contributed by atoms with Gasteiger partial charge in [0.2, 0.25) is 0 Å². The fraction of sp³-hybridized carbons (Fsp3) is 0.211. The Kier molecular flexibility index (Phi) is 7.39. The van der Waals surface area contributed by atoms with Crippen LogP contribution in [0.2, 0.25) is 0 Å². The predicted molar refractivity (Wildman–Crippen MR) is 108 cm³/mol. The van der Waals surface area contributed by atoms with Crippen molar-refractivity contribution in [1.29, 1.82) is 0 Å². The first-order valence-corrected chi connectivity index (χ1v) is 8.94. The Morgan fingerprint density at radius 3 is 2.64 bits per heavy atom. The molecule has 0 aliphatic carbocycles. The van der Waals surface area contributed by atoms with Gasteiger partial charge in [-0.1, -0.05) is 12.1 Å². The number of hydrogen-bond acceptors (Lipinski definition) is 6. The lowest BCUT2D eigenvalue weighted by Gasteiger charge is -2.15. The number of benzene rings is 2. The number of carbonyl (C=O) groups excluding carboxylic acids is 2. The molecule has 8 nitrogen and oxygen atoms in total. The lowest BCUT2D eigenvalue weighted by Crippen LogP contribution is -2.27. The number of methoxy groups -OCH3 is 1. The summed E-state index contributed by atoms with van der Waals surface area (Å²) in [6.07, 6.45) is 1.42. The van der Waals surface area contributed by atoms with Crippen LogP contribution in [0.15, 0.2) is 46.0 Å². The second kappa shape index (κ2) is 9.75. The maximum Gasteiger partial charge on any atom is 0.275 e. The summed E-state index contributed by atoms with van der Waals surface area (Å²) in [5, 5.41) is 13.6. The molecular formula is C19H20BrN3O5. The van der Waals surface area contributed by atoms with E-state index in [1.807, 2.05) is 0 Å². The molecule has 0 bridgehead atoms. The summed E-state index contributed by atoms with van der Waals surface area (Å²) in [6.45, 7) is -0.133. The van der Waals surface area contributed by atoms with Gasteiger partial charge in [-0.2, -0.15) is 5.10 Å². The van der Waals surface area contributed by atoms with Crippen molar-refractivity contribution >= 4 is 34.0 Å². The second-order valence-corrected chi connectivity index (χ2v) is 6.68. The first kappa shape index (κ1) is 21.2. The first-order valence-electron chi connectivity index (χ1n) is 8.15. The van der Waals surface area contributed by atoms with Gasteiger partial charge in [0, 0.05) is 14.1 Å². The molecule has 148 valence electrons. The Morgan fingerprint density at radius 1 is 1.29 bits per heavy atom. The van der Waals surface area contributed by atoms with E-state index in [1.165, 1.54) is 30.4 Å². The molecule has 0 unspecified atom stereocenters. The number of para-hydroxylation sites is 1. The Labute approximate surface area is 170 Å². The maximum atomic E-state index is 12.0. The Balaban J connectivity index is 2.11. The highest BCUT2D eigenvalue weighted by atomic mass is 79.9. The number of aromatic hydroxyl groups is 1. The number of hydrogen-bond donors (Lipinski definition) is 2. The lowest BCUT2D eigenvalue weighted by molar-refractivity contribution is -0.130. The van der Waals surface area contributed by atoms with E-state index in [1.54, 1.807) is 38.4 Å². The van der Waals surface area contributed by atoms with Gasteiger partial charge in [0.25, 0.3) is 11.8 Å². The van der Waals surface area contributed by atoms with Crippen molar-refractivity contribution in [2.45, 2.75) is 0 Å². The van der Waals surface area contributed by atoms with Gasteiger partial charge < -0.3 is 19.5 Å². The smallest absolute Gasteiger partial charge is 0.275 e. The number of phenolic OH excluding ortho intramolecular Hbond substituents is 1. The quantitative estimate of drug-likeness (QED) is 0.499. The minimum atomic E-state index is -0.539. The number of amides is 2. The molecule has 28 heavy (non-hydrogen) atoms. The van der Waals surface area contributed by atoms with Crippen molar-refractivity contribution < 1.29 is 24.2 Å². The summed E-state index contributed by atoms with van der Waals surface area (Å²) in [5.41, 5.74) is 3.08. The zero-order chi connectivity index (χ0) is 20.7. The highest BCUT2D eigenvalue weighted by Crippen LogP contribution is 2.36. The van der Waals surface area contributed by atoms with Crippen molar-refractivity contribution in [2.24, 2.45) is 5.10 Å². The molecule has 2 amide bonds. The molecule has 2 rings (SSSR count). The molecule has 0 heterocycles. The monoisotopic (exact) mass is 449 g/mol. The fourth-order valence-corrected chi connectivity index (χ4v) is 2.68. The number of rotatable bonds is 7. The highest BCUT2D eigenvalue weighted by Gasteiger charge is 2.14. The van der Waals surface area contributed by atoms with E-state index in [-0.39, 0.29) is 23.8 Å². The van der Waals surface area contributed by atoms with Crippen LogP contribution >= 0.6 is 15.9 Å². The number of carbonyl (C=O) groups is 2. The summed E-state index contributed by atoms with van der Waals surface area (Å²) in [4.78, 5) is 25.2. The van der Waals surface area contributed by atoms with E-state index >= 15 is 0 Å². The molecule has 0 aliphatic rings. The largest absolute Gasteiger partial charge is 0.507 e. The Morgan fingerprint density at radius 2 is 2.00 bits per heavy atom. The van der Waals surface area contributed by atoms with Gasteiger partial charge in [-0.25, -0.2) is 5.43 Å². The van der Waals surface area contributed by atoms with Gasteiger partial charge in [-0.3, -0.25) is 9.59 Å². The van der Waals surface area contributed by atoms with Crippen LogP contribution in [0.5, 0.6) is 17.2 Å². The van der Waals surface area contributed by atoms with Crippen molar-refractivity contribution in [3.05, 3.63) is 52.0 Å². The average molecular weight is 450 g/mol. The molecule has 9 heteroatoms. The fourth-order valence-electron chi connectivity index (χ4n) is 2.11. The van der Waals surface area contributed by atoms with Crippen LogP contribution in [-0.4, -0.2) is 55.8 Å². The van der Waals surface area contributed by atoms with Crippen LogP contribution in [0.1, 0.15) is 15.9 Å². The Bertz CT molecular complexity index is 899. The highest BCUT2D eigenvalue weighted by molar-refractivity contribution is 9.10. The topological polar surface area (TPSA) is 100 Å². The molecular weight excluding hydrogens is 430 g/mol. The van der Waals surface area contributed by atoms with Gasteiger partial charge in [-0.15, -0.1) is 0 Å². The molecule has 2 aromatic rings. The van der Waals surface area contributed by atoms with Crippen LogP contribution in [0.3, 0.4) is 0 Å². The molecule has 0 aliphatic heterocycles. The zero-order valence-electron chi connectivity index (χ0n) is 15.6. The van der Waals surface area contributed by atoms with Gasteiger partial charge in [-0.05, 0) is 45.8 Å². The number of hydrazone groups is 1. The average Bonchev–Trinajstić information content (AvgIpc) is 2.66. The van der Waals surface area contributed by atoms with E-state index < -0.39 is 5.91 Å². The molecule has 0 radical (unpaired) electrons. The van der Waals surface area contributed by atoms with Crippen molar-refractivity contribution in [2.75, 3.05) is 27.8 Å². The van der Waals surface area contributed by atoms with E-state index in [0.29, 0.717) is 21.5 Å². The summed E-state index contributed by atoms with van der Waals surface area (Å²) >= 11 is 3.38. The standard InChI is InChI=1S/C19H20BrN3O5/c1-23(2)17(25)11-28-18-14(20)8-12(9-16(18)27-3)10-21-22-19(26)13-6-4-5-7-15(13)24/h4-10,24H,11H2,1-3H3,(H,22,26)/b21-10+. The molecule has 0 atom stereocenters. The van der Waals surface area contributed by atoms with Crippen LogP contribution in [-0.2, 0) is 4.79 Å². The first-order chi connectivity index (χ1) is 13.3. The number of nitrogens with one attached hydrogen (secondary N) is 1. The van der Waals surface area contributed by atoms with Gasteiger partial charge in [0.15, 0.2) is 18.1 Å². The molecule has 2 N–H and O–H groups in total. The second-order valence-electron chi connectivity index (χ2n) is 5.83. The van der Waals surface area contributed by atoms with E-state index in [9.17, 15) is 14.7 Å². The van der Waals surface area contributed by atoms with Gasteiger partial charge in [0.05, 0.1) is 23.4 Å². The number of nitrogens with zero attached hydrogens (tertiary/aromatic N) is 2. The van der Waals surface area contributed by atoms with E-state index in [0.717, 1.165) is 0 Å². The molecule has 2 aromatic carbocycles. The molecule has 0 spiro atoms. The lowest BCUT2D eigenvalue weighted by atomic mass is 10.2. The van der Waals surface area contributed by atoms with Crippen LogP contribution in [0.25, 0.3) is 0 Å². The summed E-state index contributed by atoms with van der Waals surface area (Å²) < 4.78 is 11.4. The van der Waals surface area contributed by atoms with Crippen molar-refractivity contribution in [3.63, 3.8) is 0 Å². The van der Waals surface area contributed by atoms with Gasteiger partial charge in [0.1, 0.15) is 5.75 Å². The molecule has 0 saturated carbocycles. The number of ether oxygens (including phenoxy) is 2. The summed E-state index contributed by atoms with van der Waals surface area (Å²) in [5.74, 6) is -0.0788. The van der Waals surface area contributed by atoms with Crippen molar-refractivity contribution in [3.8, 4) is 17.2 Å². The number of likely N-dealkylation sites (N-methyl/N-ethyl adjacent to an activating group) is 1. The predicted octanol–water partition coefficient (Wildman–Crippen LogP) is 2.39. The third kappa shape index (κ3) is 5.46. The maximum absolute atomic E-state index is 12.0. The molecule has 0 aromatic heterocycles. The van der Waals surface area contributed by atoms with Crippen molar-refractivity contribution in [1.82, 2.24) is 10.3 Å². The van der Waals surface area contributed by atoms with E-state index in [4.69, 9.17) is 9.47 Å². The van der Waals surface area contributed by atoms with Gasteiger partial charge >= 0.3 is 0 Å². The van der Waals surface area contributed by atoms with E-state index in [2.05, 4.69) is 26.5 Å². The third-order valence-electron chi connectivity index (χ3n) is 3.62. The zero-order valence-corrected chi connectivity index (χ0v) is 17.2.